The summed E-state index contributed by atoms with van der Waals surface area (Å²) in [5.74, 6) is 1.16. The molecule has 1 N–H and O–H groups in total. The molecule has 0 saturated heterocycles. The number of methoxy groups -OCH3 is 1. The van der Waals surface area contributed by atoms with Crippen molar-refractivity contribution in [3.05, 3.63) is 23.8 Å². The van der Waals surface area contributed by atoms with E-state index >= 15 is 0 Å². The molecule has 0 aromatic heterocycles. The summed E-state index contributed by atoms with van der Waals surface area (Å²) >= 11 is 0. The summed E-state index contributed by atoms with van der Waals surface area (Å²) in [4.78, 5) is 2.15. The van der Waals surface area contributed by atoms with Gasteiger partial charge in [0.25, 0.3) is 0 Å². The Labute approximate surface area is 121 Å². The van der Waals surface area contributed by atoms with Crippen molar-refractivity contribution >= 4 is 5.69 Å². The Morgan fingerprint density at radius 1 is 1.35 bits per heavy atom. The number of anilines is 1. The van der Waals surface area contributed by atoms with Gasteiger partial charge in [-0.15, -0.1) is 0 Å². The van der Waals surface area contributed by atoms with Crippen LogP contribution in [0.1, 0.15) is 38.9 Å². The first-order valence-electron chi connectivity index (χ1n) is 6.98. The van der Waals surface area contributed by atoms with Crippen molar-refractivity contribution in [3.63, 3.8) is 0 Å². The zero-order chi connectivity index (χ0) is 15.1. The highest BCUT2D eigenvalue weighted by molar-refractivity contribution is 5.60. The fraction of sp³-hybridized carbons (Fsp3) is 0.562. The molecule has 4 nitrogen and oxygen atoms in total. The van der Waals surface area contributed by atoms with Crippen molar-refractivity contribution in [1.29, 1.82) is 5.26 Å². The summed E-state index contributed by atoms with van der Waals surface area (Å²) in [5, 5.41) is 18.9. The predicted molar refractivity (Wildman–Crippen MR) is 80.9 cm³/mol. The molecule has 0 spiro atoms. The van der Waals surface area contributed by atoms with E-state index in [0.717, 1.165) is 17.8 Å². The lowest BCUT2D eigenvalue weighted by Gasteiger charge is -2.29. The second-order valence-electron chi connectivity index (χ2n) is 5.32. The first-order chi connectivity index (χ1) is 9.51. The SMILES string of the molecule is COc1cccc(N(CCC#N)CC(C)C)c1C(C)O. The Morgan fingerprint density at radius 2 is 2.05 bits per heavy atom. The van der Waals surface area contributed by atoms with Crippen LogP contribution < -0.4 is 9.64 Å². The van der Waals surface area contributed by atoms with E-state index in [0.29, 0.717) is 24.6 Å². The molecule has 4 heteroatoms. The lowest BCUT2D eigenvalue weighted by Crippen LogP contribution is -2.29. The molecule has 1 atom stereocenters. The van der Waals surface area contributed by atoms with Crippen LogP contribution in [0.3, 0.4) is 0 Å². The van der Waals surface area contributed by atoms with Gasteiger partial charge in [0, 0.05) is 24.3 Å². The minimum absolute atomic E-state index is 0.461. The zero-order valence-corrected chi connectivity index (χ0v) is 12.8. The fourth-order valence-electron chi connectivity index (χ4n) is 2.34. The molecule has 110 valence electrons. The monoisotopic (exact) mass is 276 g/mol. The summed E-state index contributed by atoms with van der Waals surface area (Å²) in [6.45, 7) is 7.51. The van der Waals surface area contributed by atoms with Crippen molar-refractivity contribution in [2.24, 2.45) is 5.92 Å². The van der Waals surface area contributed by atoms with E-state index in [-0.39, 0.29) is 0 Å². The van der Waals surface area contributed by atoms with Crippen molar-refractivity contribution in [1.82, 2.24) is 0 Å². The van der Waals surface area contributed by atoms with Crippen LogP contribution in [-0.4, -0.2) is 25.3 Å². The van der Waals surface area contributed by atoms with Gasteiger partial charge in [-0.3, -0.25) is 0 Å². The molecular weight excluding hydrogens is 252 g/mol. The van der Waals surface area contributed by atoms with E-state index in [4.69, 9.17) is 10.00 Å². The zero-order valence-electron chi connectivity index (χ0n) is 12.8. The van der Waals surface area contributed by atoms with Gasteiger partial charge in [0.1, 0.15) is 5.75 Å². The van der Waals surface area contributed by atoms with Crippen LogP contribution in [0.4, 0.5) is 5.69 Å². The van der Waals surface area contributed by atoms with Gasteiger partial charge < -0.3 is 14.7 Å². The third-order valence-electron chi connectivity index (χ3n) is 3.10. The van der Waals surface area contributed by atoms with E-state index in [1.807, 2.05) is 18.2 Å². The van der Waals surface area contributed by atoms with Gasteiger partial charge in [0.15, 0.2) is 0 Å². The minimum atomic E-state index is -0.613. The minimum Gasteiger partial charge on any atom is -0.496 e. The van der Waals surface area contributed by atoms with E-state index in [9.17, 15) is 5.11 Å². The molecule has 0 aliphatic rings. The number of rotatable bonds is 7. The Hall–Kier alpha value is -1.73. The number of hydrogen-bond acceptors (Lipinski definition) is 4. The van der Waals surface area contributed by atoms with E-state index in [1.54, 1.807) is 14.0 Å². The van der Waals surface area contributed by atoms with Gasteiger partial charge >= 0.3 is 0 Å². The van der Waals surface area contributed by atoms with Gasteiger partial charge in [-0.05, 0) is 25.0 Å². The second-order valence-corrected chi connectivity index (χ2v) is 5.32. The summed E-state index contributed by atoms with van der Waals surface area (Å²) in [6.07, 6.45) is -0.152. The van der Waals surface area contributed by atoms with Crippen LogP contribution in [0, 0.1) is 17.2 Å². The van der Waals surface area contributed by atoms with E-state index in [1.165, 1.54) is 0 Å². The topological polar surface area (TPSA) is 56.5 Å². The summed E-state index contributed by atoms with van der Waals surface area (Å²) in [7, 11) is 1.60. The van der Waals surface area contributed by atoms with Gasteiger partial charge in [-0.2, -0.15) is 5.26 Å². The van der Waals surface area contributed by atoms with Crippen molar-refractivity contribution in [2.45, 2.75) is 33.3 Å². The lowest BCUT2D eigenvalue weighted by atomic mass is 10.0. The predicted octanol–water partition coefficient (Wildman–Crippen LogP) is 3.12. The third-order valence-corrected chi connectivity index (χ3v) is 3.10. The first-order valence-corrected chi connectivity index (χ1v) is 6.98. The van der Waals surface area contributed by atoms with Crippen LogP contribution in [0.25, 0.3) is 0 Å². The molecule has 0 fully saturated rings. The highest BCUT2D eigenvalue weighted by Gasteiger charge is 2.19. The molecule has 0 saturated carbocycles. The molecule has 0 aliphatic heterocycles. The molecule has 1 rings (SSSR count). The largest absolute Gasteiger partial charge is 0.496 e. The van der Waals surface area contributed by atoms with Gasteiger partial charge in [0.2, 0.25) is 0 Å². The van der Waals surface area contributed by atoms with Crippen LogP contribution in [0.2, 0.25) is 0 Å². The molecular formula is C16H24N2O2. The Kier molecular flexibility index (Phi) is 6.33. The summed E-state index contributed by atoms with van der Waals surface area (Å²) in [6, 6.07) is 7.93. The lowest BCUT2D eigenvalue weighted by molar-refractivity contribution is 0.194. The molecule has 0 aliphatic carbocycles. The summed E-state index contributed by atoms with van der Waals surface area (Å²) < 4.78 is 5.36. The number of nitriles is 1. The maximum atomic E-state index is 10.1. The Balaban J connectivity index is 3.20. The molecule has 1 aromatic carbocycles. The molecule has 1 aromatic rings. The first kappa shape index (κ1) is 16.3. The van der Waals surface area contributed by atoms with E-state index < -0.39 is 6.10 Å². The third kappa shape index (κ3) is 4.14. The highest BCUT2D eigenvalue weighted by atomic mass is 16.5. The van der Waals surface area contributed by atoms with Crippen LogP contribution in [0.15, 0.2) is 18.2 Å². The molecule has 0 heterocycles. The number of benzene rings is 1. The average Bonchev–Trinajstić information content (AvgIpc) is 2.41. The smallest absolute Gasteiger partial charge is 0.126 e. The number of nitrogens with zero attached hydrogens (tertiary/aromatic N) is 2. The van der Waals surface area contributed by atoms with Gasteiger partial charge in [-0.25, -0.2) is 0 Å². The number of hydrogen-bond donors (Lipinski definition) is 1. The Bertz CT molecular complexity index is 464. The molecule has 20 heavy (non-hydrogen) atoms. The number of aliphatic hydroxyl groups excluding tert-OH is 1. The maximum Gasteiger partial charge on any atom is 0.126 e. The van der Waals surface area contributed by atoms with Crippen molar-refractivity contribution in [2.75, 3.05) is 25.1 Å². The van der Waals surface area contributed by atoms with Crippen molar-refractivity contribution in [3.8, 4) is 11.8 Å². The standard InChI is InChI=1S/C16H24N2O2/c1-12(2)11-18(10-6-9-17)14-7-5-8-15(20-4)16(14)13(3)19/h5,7-8,12-13,19H,6,10-11H2,1-4H3. The van der Waals surface area contributed by atoms with Gasteiger partial charge in [0.05, 0.1) is 25.7 Å². The normalized spacial score (nSPS) is 12.1. The second kappa shape index (κ2) is 7.76. The average molecular weight is 276 g/mol. The molecule has 0 bridgehead atoms. The molecule has 1 unspecified atom stereocenters. The number of aliphatic hydroxyl groups is 1. The number of ether oxygens (including phenoxy) is 1. The maximum absolute atomic E-state index is 10.1. The van der Waals surface area contributed by atoms with Crippen LogP contribution in [-0.2, 0) is 0 Å². The quantitative estimate of drug-likeness (QED) is 0.831. The molecule has 0 radical (unpaired) electrons. The Morgan fingerprint density at radius 3 is 2.55 bits per heavy atom. The fourth-order valence-corrected chi connectivity index (χ4v) is 2.34. The highest BCUT2D eigenvalue weighted by Crippen LogP contribution is 2.35. The van der Waals surface area contributed by atoms with Crippen molar-refractivity contribution < 1.29 is 9.84 Å². The van der Waals surface area contributed by atoms with Gasteiger partial charge in [-0.1, -0.05) is 19.9 Å². The summed E-state index contributed by atoms with van der Waals surface area (Å²) in [5.41, 5.74) is 1.73. The van der Waals surface area contributed by atoms with Crippen LogP contribution in [0.5, 0.6) is 5.75 Å². The van der Waals surface area contributed by atoms with Crippen LogP contribution >= 0.6 is 0 Å². The molecule has 0 amide bonds. The van der Waals surface area contributed by atoms with E-state index in [2.05, 4.69) is 24.8 Å².